The molecule has 190 valence electrons. The van der Waals surface area contributed by atoms with Gasteiger partial charge in [-0.1, -0.05) is 56.3 Å². The van der Waals surface area contributed by atoms with Crippen LogP contribution in [0.4, 0.5) is 0 Å². The first-order valence-electron chi connectivity index (χ1n) is 11.8. The molecule has 2 amide bonds. The van der Waals surface area contributed by atoms with Gasteiger partial charge < -0.3 is 20.1 Å². The van der Waals surface area contributed by atoms with Gasteiger partial charge in [0.05, 0.1) is 19.4 Å². The first kappa shape index (κ1) is 28.2. The largest absolute Gasteiger partial charge is 0.497 e. The standard InChI is InChI=1S/C27H36N2O5S/c1-18(2)14-22(24(35)16-25(30)34-17-20-8-6-5-7-9-20)26(31)29-23(27(32)28-3)15-19-10-12-21(33-4)13-11-19/h5-13,18,22-24,35H,14-17H2,1-4H3,(H,28,32)(H,29,31)/t22-,23+,24-/m1/s1. The summed E-state index contributed by atoms with van der Waals surface area (Å²) in [4.78, 5) is 38.3. The Hall–Kier alpha value is -3.00. The number of ether oxygens (including phenoxy) is 2. The summed E-state index contributed by atoms with van der Waals surface area (Å²) >= 11 is 4.60. The monoisotopic (exact) mass is 500 g/mol. The molecule has 0 fully saturated rings. The van der Waals surface area contributed by atoms with Crippen molar-refractivity contribution >= 4 is 30.4 Å². The van der Waals surface area contributed by atoms with Crippen molar-refractivity contribution in [2.24, 2.45) is 11.8 Å². The van der Waals surface area contributed by atoms with E-state index in [4.69, 9.17) is 9.47 Å². The van der Waals surface area contributed by atoms with E-state index < -0.39 is 23.2 Å². The van der Waals surface area contributed by atoms with Gasteiger partial charge in [-0.3, -0.25) is 14.4 Å². The van der Waals surface area contributed by atoms with E-state index in [1.54, 1.807) is 7.11 Å². The van der Waals surface area contributed by atoms with E-state index in [2.05, 4.69) is 23.3 Å². The van der Waals surface area contributed by atoms with Gasteiger partial charge in [0.25, 0.3) is 0 Å². The van der Waals surface area contributed by atoms with Crippen LogP contribution in [0.5, 0.6) is 5.75 Å². The maximum Gasteiger partial charge on any atom is 0.307 e. The molecule has 0 bridgehead atoms. The lowest BCUT2D eigenvalue weighted by molar-refractivity contribution is -0.145. The zero-order valence-electron chi connectivity index (χ0n) is 20.8. The Kier molecular flexibility index (Phi) is 11.6. The first-order chi connectivity index (χ1) is 16.7. The highest BCUT2D eigenvalue weighted by Gasteiger charge is 2.31. The molecule has 0 aromatic heterocycles. The number of nitrogens with one attached hydrogen (secondary N) is 2. The molecule has 2 aromatic carbocycles. The van der Waals surface area contributed by atoms with Crippen molar-refractivity contribution < 1.29 is 23.9 Å². The van der Waals surface area contributed by atoms with E-state index in [9.17, 15) is 14.4 Å². The van der Waals surface area contributed by atoms with Gasteiger partial charge in [0.2, 0.25) is 11.8 Å². The second kappa shape index (κ2) is 14.4. The molecule has 2 N–H and O–H groups in total. The van der Waals surface area contributed by atoms with Crippen LogP contribution in [0, 0.1) is 11.8 Å². The molecule has 0 aliphatic carbocycles. The topological polar surface area (TPSA) is 93.7 Å². The van der Waals surface area contributed by atoms with Crippen LogP contribution in [0.1, 0.15) is 37.8 Å². The Morgan fingerprint density at radius 3 is 2.17 bits per heavy atom. The molecule has 2 rings (SSSR count). The highest BCUT2D eigenvalue weighted by atomic mass is 32.1. The fourth-order valence-corrected chi connectivity index (χ4v) is 4.12. The number of esters is 1. The number of hydrogen-bond acceptors (Lipinski definition) is 6. The van der Waals surface area contributed by atoms with Crippen molar-refractivity contribution in [3.8, 4) is 5.75 Å². The van der Waals surface area contributed by atoms with Crippen molar-refractivity contribution in [2.45, 2.75) is 51.0 Å². The molecule has 3 atom stereocenters. The second-order valence-corrected chi connectivity index (χ2v) is 9.54. The summed E-state index contributed by atoms with van der Waals surface area (Å²) in [6.45, 7) is 4.17. The van der Waals surface area contributed by atoms with E-state index in [-0.39, 0.29) is 30.8 Å². The number of rotatable bonds is 13. The molecule has 35 heavy (non-hydrogen) atoms. The lowest BCUT2D eigenvalue weighted by atomic mass is 9.91. The average molecular weight is 501 g/mol. The third kappa shape index (κ3) is 9.64. The highest BCUT2D eigenvalue weighted by molar-refractivity contribution is 7.81. The Balaban J connectivity index is 2.05. The van der Waals surface area contributed by atoms with Crippen molar-refractivity contribution in [1.29, 1.82) is 0 Å². The number of likely N-dealkylation sites (N-methyl/N-ethyl adjacent to an activating group) is 1. The summed E-state index contributed by atoms with van der Waals surface area (Å²) in [5.74, 6) is -0.682. The van der Waals surface area contributed by atoms with Crippen LogP contribution in [-0.2, 0) is 32.1 Å². The Morgan fingerprint density at radius 2 is 1.60 bits per heavy atom. The Morgan fingerprint density at radius 1 is 0.943 bits per heavy atom. The predicted molar refractivity (Wildman–Crippen MR) is 139 cm³/mol. The molecule has 0 radical (unpaired) electrons. The van der Waals surface area contributed by atoms with Gasteiger partial charge in [-0.2, -0.15) is 12.6 Å². The molecule has 0 aliphatic heterocycles. The average Bonchev–Trinajstić information content (AvgIpc) is 2.85. The predicted octanol–water partition coefficient (Wildman–Crippen LogP) is 3.56. The maximum atomic E-state index is 13.3. The number of methoxy groups -OCH3 is 1. The first-order valence-corrected chi connectivity index (χ1v) is 12.3. The number of hydrogen-bond donors (Lipinski definition) is 3. The minimum Gasteiger partial charge on any atom is -0.497 e. The molecule has 0 spiro atoms. The van der Waals surface area contributed by atoms with Crippen LogP contribution in [-0.4, -0.2) is 43.2 Å². The quantitative estimate of drug-likeness (QED) is 0.289. The minimum atomic E-state index is -0.763. The number of thiol groups is 1. The lowest BCUT2D eigenvalue weighted by Crippen LogP contribution is -2.50. The summed E-state index contributed by atoms with van der Waals surface area (Å²) in [6.07, 6.45) is 0.832. The molecule has 0 saturated carbocycles. The third-order valence-electron chi connectivity index (χ3n) is 5.62. The maximum absolute atomic E-state index is 13.3. The molecule has 7 nitrogen and oxygen atoms in total. The van der Waals surface area contributed by atoms with E-state index in [0.717, 1.165) is 11.1 Å². The van der Waals surface area contributed by atoms with E-state index in [1.807, 2.05) is 68.4 Å². The Bertz CT molecular complexity index is 950. The van der Waals surface area contributed by atoms with Crippen molar-refractivity contribution in [3.05, 3.63) is 65.7 Å². The molecular formula is C27H36N2O5S. The van der Waals surface area contributed by atoms with Gasteiger partial charge in [0, 0.05) is 18.7 Å². The van der Waals surface area contributed by atoms with Gasteiger partial charge in [-0.25, -0.2) is 0 Å². The summed E-state index contributed by atoms with van der Waals surface area (Å²) in [6, 6.07) is 16.0. The van der Waals surface area contributed by atoms with E-state index in [1.165, 1.54) is 7.05 Å². The molecular weight excluding hydrogens is 464 g/mol. The van der Waals surface area contributed by atoms with E-state index >= 15 is 0 Å². The lowest BCUT2D eigenvalue weighted by Gasteiger charge is -2.26. The fourth-order valence-electron chi connectivity index (χ4n) is 3.72. The number of amides is 2. The molecule has 2 aromatic rings. The highest BCUT2D eigenvalue weighted by Crippen LogP contribution is 2.24. The normalized spacial score (nSPS) is 13.4. The van der Waals surface area contributed by atoms with Crippen LogP contribution in [0.3, 0.4) is 0 Å². The summed E-state index contributed by atoms with van der Waals surface area (Å²) in [5.41, 5.74) is 1.77. The van der Waals surface area contributed by atoms with Crippen molar-refractivity contribution in [3.63, 3.8) is 0 Å². The second-order valence-electron chi connectivity index (χ2n) is 8.88. The smallest absolute Gasteiger partial charge is 0.307 e. The van der Waals surface area contributed by atoms with Crippen LogP contribution in [0.15, 0.2) is 54.6 Å². The Labute approximate surface area is 213 Å². The molecule has 0 unspecified atom stereocenters. The number of carbonyl (C=O) groups excluding carboxylic acids is 3. The molecule has 0 aliphatic rings. The SMILES string of the molecule is CNC(=O)[C@H](Cc1ccc(OC)cc1)NC(=O)[C@H](CC(C)C)[C@H](S)CC(=O)OCc1ccccc1. The van der Waals surface area contributed by atoms with Crippen LogP contribution in [0.25, 0.3) is 0 Å². The van der Waals surface area contributed by atoms with Gasteiger partial charge >= 0.3 is 5.97 Å². The summed E-state index contributed by atoms with van der Waals surface area (Å²) < 4.78 is 10.6. The zero-order valence-corrected chi connectivity index (χ0v) is 21.7. The molecule has 0 heterocycles. The third-order valence-corrected chi connectivity index (χ3v) is 6.17. The number of benzene rings is 2. The fraction of sp³-hybridized carbons (Fsp3) is 0.444. The zero-order chi connectivity index (χ0) is 25.8. The van der Waals surface area contributed by atoms with Crippen molar-refractivity contribution in [2.75, 3.05) is 14.2 Å². The molecule has 8 heteroatoms. The van der Waals surface area contributed by atoms with Gasteiger partial charge in [0.15, 0.2) is 0 Å². The van der Waals surface area contributed by atoms with Crippen LogP contribution >= 0.6 is 12.6 Å². The molecule has 0 saturated heterocycles. The van der Waals surface area contributed by atoms with Crippen LogP contribution < -0.4 is 15.4 Å². The van der Waals surface area contributed by atoms with Gasteiger partial charge in [-0.15, -0.1) is 0 Å². The number of carbonyl (C=O) groups is 3. The van der Waals surface area contributed by atoms with Gasteiger partial charge in [-0.05, 0) is 35.6 Å². The summed E-state index contributed by atoms with van der Waals surface area (Å²) in [5, 5.41) is 4.95. The summed E-state index contributed by atoms with van der Waals surface area (Å²) in [7, 11) is 3.12. The van der Waals surface area contributed by atoms with E-state index in [0.29, 0.717) is 18.6 Å². The van der Waals surface area contributed by atoms with Crippen molar-refractivity contribution in [1.82, 2.24) is 10.6 Å². The van der Waals surface area contributed by atoms with Gasteiger partial charge in [0.1, 0.15) is 18.4 Å². The van der Waals surface area contributed by atoms with Crippen LogP contribution in [0.2, 0.25) is 0 Å². The minimum absolute atomic E-state index is 0.0100.